The average Bonchev–Trinajstić information content (AvgIpc) is 3.03. The van der Waals surface area contributed by atoms with E-state index in [1.807, 2.05) is 0 Å². The van der Waals surface area contributed by atoms with Crippen molar-refractivity contribution in [3.63, 3.8) is 0 Å². The van der Waals surface area contributed by atoms with Crippen LogP contribution in [0.25, 0.3) is 6.08 Å². The third kappa shape index (κ3) is 7.48. The van der Waals surface area contributed by atoms with E-state index in [1.165, 1.54) is 29.4 Å². The second-order valence-electron chi connectivity index (χ2n) is 7.15. The predicted molar refractivity (Wildman–Crippen MR) is 115 cm³/mol. The number of nitrogens with zero attached hydrogens (tertiary/aromatic N) is 1. The van der Waals surface area contributed by atoms with E-state index in [-0.39, 0.29) is 4.90 Å². The van der Waals surface area contributed by atoms with Crippen molar-refractivity contribution >= 4 is 34.0 Å². The molecule has 0 radical (unpaired) electrons. The molecule has 1 fully saturated rings. The van der Waals surface area contributed by atoms with Crippen LogP contribution >= 0.6 is 0 Å². The molecule has 0 aromatic heterocycles. The van der Waals surface area contributed by atoms with E-state index >= 15 is 0 Å². The molecular weight excluding hydrogens is 422 g/mol. The van der Waals surface area contributed by atoms with E-state index in [1.54, 1.807) is 19.1 Å². The minimum atomic E-state index is -3.53. The number of urea groups is 1. The van der Waals surface area contributed by atoms with Crippen molar-refractivity contribution in [2.75, 3.05) is 19.6 Å². The molecule has 170 valence electrons. The van der Waals surface area contributed by atoms with Gasteiger partial charge in [0.1, 0.15) is 0 Å². The smallest absolute Gasteiger partial charge is 0.331 e. The van der Waals surface area contributed by atoms with Gasteiger partial charge in [0.05, 0.1) is 4.90 Å². The second kappa shape index (κ2) is 11.6. The largest absolute Gasteiger partial charge is 0.449 e. The molecule has 1 unspecified atom stereocenters. The molecule has 2 N–H and O–H groups in total. The molecule has 1 aliphatic rings. The number of amides is 3. The molecular formula is C21H29N3O6S. The Morgan fingerprint density at radius 1 is 1.10 bits per heavy atom. The molecule has 0 aliphatic carbocycles. The molecule has 2 rings (SSSR count). The van der Waals surface area contributed by atoms with Gasteiger partial charge in [-0.05, 0) is 50.5 Å². The number of hydrogen-bond acceptors (Lipinski definition) is 6. The van der Waals surface area contributed by atoms with Gasteiger partial charge in [0.2, 0.25) is 10.0 Å². The third-order valence-corrected chi connectivity index (χ3v) is 6.64. The molecule has 1 saturated heterocycles. The zero-order valence-electron chi connectivity index (χ0n) is 17.8. The van der Waals surface area contributed by atoms with Crippen LogP contribution in [0.5, 0.6) is 0 Å². The molecule has 0 bridgehead atoms. The van der Waals surface area contributed by atoms with Gasteiger partial charge in [0.25, 0.3) is 5.91 Å². The maximum Gasteiger partial charge on any atom is 0.331 e. The Labute approximate surface area is 182 Å². The minimum Gasteiger partial charge on any atom is -0.449 e. The predicted octanol–water partition coefficient (Wildman–Crippen LogP) is 2.04. The molecule has 1 aromatic carbocycles. The summed E-state index contributed by atoms with van der Waals surface area (Å²) in [5, 5.41) is 4.46. The number of imide groups is 1. The summed E-state index contributed by atoms with van der Waals surface area (Å²) in [5.41, 5.74) is 0.603. The van der Waals surface area contributed by atoms with Gasteiger partial charge in [0.15, 0.2) is 6.10 Å². The summed E-state index contributed by atoms with van der Waals surface area (Å²) >= 11 is 0. The fourth-order valence-corrected chi connectivity index (χ4v) is 4.55. The summed E-state index contributed by atoms with van der Waals surface area (Å²) in [7, 11) is -3.53. The van der Waals surface area contributed by atoms with E-state index < -0.39 is 34.0 Å². The second-order valence-corrected chi connectivity index (χ2v) is 9.09. The third-order valence-electron chi connectivity index (χ3n) is 4.73. The highest BCUT2D eigenvalue weighted by Crippen LogP contribution is 2.21. The van der Waals surface area contributed by atoms with Crippen molar-refractivity contribution in [1.29, 1.82) is 0 Å². The van der Waals surface area contributed by atoms with Crippen molar-refractivity contribution in [3.05, 3.63) is 35.9 Å². The Morgan fingerprint density at radius 2 is 1.71 bits per heavy atom. The van der Waals surface area contributed by atoms with Crippen LogP contribution < -0.4 is 10.6 Å². The number of ether oxygens (including phenoxy) is 1. The van der Waals surface area contributed by atoms with Crippen LogP contribution in [0, 0.1) is 0 Å². The molecule has 1 heterocycles. The van der Waals surface area contributed by atoms with Gasteiger partial charge >= 0.3 is 12.0 Å². The first-order valence-electron chi connectivity index (χ1n) is 10.3. The van der Waals surface area contributed by atoms with E-state index in [0.717, 1.165) is 31.8 Å². The molecule has 0 spiro atoms. The number of carbonyl (C=O) groups excluding carboxylic acids is 3. The zero-order chi connectivity index (χ0) is 22.9. The highest BCUT2D eigenvalue weighted by molar-refractivity contribution is 7.89. The van der Waals surface area contributed by atoms with Crippen LogP contribution in [-0.2, 0) is 24.3 Å². The molecule has 31 heavy (non-hydrogen) atoms. The summed E-state index contributed by atoms with van der Waals surface area (Å²) in [6, 6.07) is 5.54. The monoisotopic (exact) mass is 451 g/mol. The summed E-state index contributed by atoms with van der Waals surface area (Å²) in [6.07, 6.45) is 5.24. The number of carbonyl (C=O) groups is 3. The standard InChI is InChI=1S/C21H29N3O6S/c1-3-22-21(27)23-20(26)16(2)30-19(25)13-10-17-8-11-18(12-9-17)31(28,29)24-14-6-4-5-7-15-24/h8-13,16H,3-7,14-15H2,1-2H3,(H2,22,23,26,27). The Kier molecular flexibility index (Phi) is 9.20. The van der Waals surface area contributed by atoms with Crippen LogP contribution in [0.2, 0.25) is 0 Å². The van der Waals surface area contributed by atoms with Crippen LogP contribution in [-0.4, -0.2) is 56.4 Å². The lowest BCUT2D eigenvalue weighted by Crippen LogP contribution is -2.44. The van der Waals surface area contributed by atoms with E-state index in [2.05, 4.69) is 10.6 Å². The van der Waals surface area contributed by atoms with E-state index in [0.29, 0.717) is 25.2 Å². The highest BCUT2D eigenvalue weighted by atomic mass is 32.2. The first-order chi connectivity index (χ1) is 14.7. The first kappa shape index (κ1) is 24.5. The number of benzene rings is 1. The minimum absolute atomic E-state index is 0.213. The van der Waals surface area contributed by atoms with E-state index in [9.17, 15) is 22.8 Å². The number of hydrogen-bond donors (Lipinski definition) is 2. The number of rotatable bonds is 7. The van der Waals surface area contributed by atoms with Crippen molar-refractivity contribution in [1.82, 2.24) is 14.9 Å². The Balaban J connectivity index is 1.93. The van der Waals surface area contributed by atoms with Crippen molar-refractivity contribution < 1.29 is 27.5 Å². The quantitative estimate of drug-likeness (QED) is 0.483. The van der Waals surface area contributed by atoms with E-state index in [4.69, 9.17) is 4.74 Å². The molecule has 1 aromatic rings. The van der Waals surface area contributed by atoms with Gasteiger partial charge in [-0.15, -0.1) is 0 Å². The van der Waals surface area contributed by atoms with Crippen molar-refractivity contribution in [2.45, 2.75) is 50.5 Å². The van der Waals surface area contributed by atoms with Gasteiger partial charge in [-0.2, -0.15) is 4.31 Å². The number of esters is 1. The summed E-state index contributed by atoms with van der Waals surface area (Å²) < 4.78 is 32.1. The Morgan fingerprint density at radius 3 is 2.29 bits per heavy atom. The van der Waals surface area contributed by atoms with Crippen molar-refractivity contribution in [3.8, 4) is 0 Å². The van der Waals surface area contributed by atoms with Gasteiger partial charge in [-0.1, -0.05) is 25.0 Å². The Hall–Kier alpha value is -2.72. The molecule has 10 heteroatoms. The van der Waals surface area contributed by atoms with Crippen LogP contribution in [0.15, 0.2) is 35.2 Å². The molecule has 0 saturated carbocycles. The van der Waals surface area contributed by atoms with Gasteiger partial charge in [-0.25, -0.2) is 18.0 Å². The van der Waals surface area contributed by atoms with Crippen LogP contribution in [0.4, 0.5) is 4.79 Å². The lowest BCUT2D eigenvalue weighted by molar-refractivity contribution is -0.149. The van der Waals surface area contributed by atoms with Gasteiger partial charge in [-0.3, -0.25) is 10.1 Å². The summed E-state index contributed by atoms with van der Waals surface area (Å²) in [4.78, 5) is 35.2. The number of sulfonamides is 1. The molecule has 1 atom stereocenters. The van der Waals surface area contributed by atoms with Crippen molar-refractivity contribution in [2.24, 2.45) is 0 Å². The lowest BCUT2D eigenvalue weighted by atomic mass is 10.2. The summed E-state index contributed by atoms with van der Waals surface area (Å²) in [5.74, 6) is -1.50. The SMILES string of the molecule is CCNC(=O)NC(=O)C(C)OC(=O)C=Cc1ccc(S(=O)(=O)N2CCCCCC2)cc1. The van der Waals surface area contributed by atoms with Crippen LogP contribution in [0.3, 0.4) is 0 Å². The van der Waals surface area contributed by atoms with Gasteiger partial charge in [0, 0.05) is 25.7 Å². The maximum atomic E-state index is 12.8. The van der Waals surface area contributed by atoms with Crippen LogP contribution in [0.1, 0.15) is 45.1 Å². The fourth-order valence-electron chi connectivity index (χ4n) is 3.03. The molecule has 3 amide bonds. The normalized spacial score (nSPS) is 16.3. The average molecular weight is 452 g/mol. The topological polar surface area (TPSA) is 122 Å². The fraction of sp³-hybridized carbons (Fsp3) is 0.476. The summed E-state index contributed by atoms with van der Waals surface area (Å²) in [6.45, 7) is 4.47. The van der Waals surface area contributed by atoms with Gasteiger partial charge < -0.3 is 10.1 Å². The number of nitrogens with one attached hydrogen (secondary N) is 2. The molecule has 1 aliphatic heterocycles. The Bertz CT molecular complexity index is 904. The molecule has 9 nitrogen and oxygen atoms in total. The first-order valence-corrected chi connectivity index (χ1v) is 11.8. The highest BCUT2D eigenvalue weighted by Gasteiger charge is 2.24. The zero-order valence-corrected chi connectivity index (χ0v) is 18.6. The maximum absolute atomic E-state index is 12.8. The lowest BCUT2D eigenvalue weighted by Gasteiger charge is -2.19.